The Morgan fingerprint density at radius 2 is 0.483 bits per heavy atom. The molecule has 87 heavy (non-hydrogen) atoms. The molecule has 0 aromatic heterocycles. The summed E-state index contributed by atoms with van der Waals surface area (Å²) in [6.45, 7) is 14.0. The number of carbonyl (C=O) groups is 4. The summed E-state index contributed by atoms with van der Waals surface area (Å²) in [5.41, 5.74) is 0. The Morgan fingerprint density at radius 1 is 0.287 bits per heavy atom. The summed E-state index contributed by atoms with van der Waals surface area (Å²) in [5, 5.41) is 10.6. The van der Waals surface area contributed by atoms with Gasteiger partial charge in [-0.3, -0.25) is 37.3 Å². The zero-order valence-electron chi connectivity index (χ0n) is 56.6. The van der Waals surface area contributed by atoms with Gasteiger partial charge >= 0.3 is 39.5 Å². The lowest BCUT2D eigenvalue weighted by Crippen LogP contribution is -2.30. The molecule has 0 fully saturated rings. The third kappa shape index (κ3) is 62.6. The van der Waals surface area contributed by atoms with Crippen LogP contribution in [0.15, 0.2) is 0 Å². The summed E-state index contributed by atoms with van der Waals surface area (Å²) in [7, 11) is -9.90. The predicted molar refractivity (Wildman–Crippen MR) is 349 cm³/mol. The third-order valence-electron chi connectivity index (χ3n) is 15.6. The SMILES string of the molecule is CC(C)CCCCCCCCCCCCCC(=O)OC[C@H](COP(=O)(O)OCC(O)COP(=O)(O)OC[C@@H](COC(=O)CCCCCCCCCC(C)C)OC(=O)CCCCCCCCC(C)C)OC(=O)CCCCCCCCCCCCCC(C)C. The fraction of sp³-hybridized carbons (Fsp3) is 0.941. The van der Waals surface area contributed by atoms with E-state index < -0.39 is 97.5 Å². The van der Waals surface area contributed by atoms with E-state index in [0.29, 0.717) is 37.5 Å². The summed E-state index contributed by atoms with van der Waals surface area (Å²) < 4.78 is 68.1. The minimum absolute atomic E-state index is 0.101. The smallest absolute Gasteiger partial charge is 0.462 e. The second kappa shape index (κ2) is 57.9. The molecule has 3 N–H and O–H groups in total. The van der Waals surface area contributed by atoms with Crippen LogP contribution in [0.4, 0.5) is 0 Å². The van der Waals surface area contributed by atoms with Gasteiger partial charge in [0.25, 0.3) is 0 Å². The van der Waals surface area contributed by atoms with Gasteiger partial charge in [-0.05, 0) is 49.4 Å². The van der Waals surface area contributed by atoms with E-state index >= 15 is 0 Å². The van der Waals surface area contributed by atoms with Crippen molar-refractivity contribution in [3.63, 3.8) is 0 Å². The Hall–Kier alpha value is -1.94. The number of phosphoric acid groups is 2. The van der Waals surface area contributed by atoms with Crippen molar-refractivity contribution in [1.82, 2.24) is 0 Å². The molecule has 5 atom stereocenters. The minimum Gasteiger partial charge on any atom is -0.462 e. The van der Waals surface area contributed by atoms with Gasteiger partial charge in [-0.25, -0.2) is 9.13 Å². The quantitative estimate of drug-likeness (QED) is 0.0222. The van der Waals surface area contributed by atoms with Crippen molar-refractivity contribution in [2.75, 3.05) is 39.6 Å². The Morgan fingerprint density at radius 3 is 0.713 bits per heavy atom. The highest BCUT2D eigenvalue weighted by Crippen LogP contribution is 2.45. The van der Waals surface area contributed by atoms with Crippen LogP contribution in [0.25, 0.3) is 0 Å². The maximum Gasteiger partial charge on any atom is 0.472 e. The number of esters is 4. The highest BCUT2D eigenvalue weighted by Gasteiger charge is 2.30. The third-order valence-corrected chi connectivity index (χ3v) is 17.5. The van der Waals surface area contributed by atoms with E-state index in [1.54, 1.807) is 0 Å². The molecule has 0 aliphatic heterocycles. The zero-order valence-corrected chi connectivity index (χ0v) is 58.4. The molecule has 0 saturated carbocycles. The first-order valence-electron chi connectivity index (χ1n) is 35.2. The van der Waals surface area contributed by atoms with E-state index in [-0.39, 0.29) is 25.7 Å². The molecule has 0 saturated heterocycles. The van der Waals surface area contributed by atoms with E-state index in [0.717, 1.165) is 108 Å². The first kappa shape index (κ1) is 85.1. The number of unbranched alkanes of at least 4 members (excludes halogenated alkanes) is 31. The van der Waals surface area contributed by atoms with Gasteiger partial charge in [-0.1, -0.05) is 280 Å². The van der Waals surface area contributed by atoms with Gasteiger partial charge in [0, 0.05) is 25.7 Å². The zero-order chi connectivity index (χ0) is 64.7. The van der Waals surface area contributed by atoms with Crippen LogP contribution in [0.1, 0.15) is 331 Å². The van der Waals surface area contributed by atoms with Gasteiger partial charge in [0.1, 0.15) is 19.3 Å². The number of phosphoric ester groups is 2. The molecule has 19 heteroatoms. The molecule has 0 heterocycles. The lowest BCUT2D eigenvalue weighted by atomic mass is 10.0. The van der Waals surface area contributed by atoms with Gasteiger partial charge in [-0.2, -0.15) is 0 Å². The molecule has 0 amide bonds. The number of carbonyl (C=O) groups excluding carboxylic acids is 4. The maximum atomic E-state index is 13.0. The second-order valence-corrected chi connectivity index (χ2v) is 29.4. The van der Waals surface area contributed by atoms with Gasteiger partial charge < -0.3 is 33.8 Å². The molecule has 0 radical (unpaired) electrons. The molecule has 0 aromatic rings. The molecule has 516 valence electrons. The van der Waals surface area contributed by atoms with E-state index in [1.807, 2.05) is 0 Å². The molecule has 0 aromatic carbocycles. The van der Waals surface area contributed by atoms with E-state index in [1.165, 1.54) is 128 Å². The fourth-order valence-corrected chi connectivity index (χ4v) is 11.7. The summed E-state index contributed by atoms with van der Waals surface area (Å²) in [6.07, 6.45) is 39.2. The number of aliphatic hydroxyl groups is 1. The van der Waals surface area contributed by atoms with Crippen molar-refractivity contribution in [2.45, 2.75) is 350 Å². The molecule has 3 unspecified atom stereocenters. The number of hydrogen-bond donors (Lipinski definition) is 3. The van der Waals surface area contributed by atoms with Gasteiger partial charge in [0.05, 0.1) is 26.4 Å². The molecule has 17 nitrogen and oxygen atoms in total. The Balaban J connectivity index is 5.24. The molecular weight excluding hydrogens is 1150 g/mol. The molecular formula is C68H132O17P2. The van der Waals surface area contributed by atoms with Crippen LogP contribution in [-0.2, 0) is 65.4 Å². The Bertz CT molecular complexity index is 1730. The van der Waals surface area contributed by atoms with Crippen LogP contribution in [0.3, 0.4) is 0 Å². The van der Waals surface area contributed by atoms with E-state index in [2.05, 4.69) is 55.4 Å². The number of rotatable bonds is 65. The van der Waals surface area contributed by atoms with Crippen LogP contribution in [0, 0.1) is 23.7 Å². The first-order chi connectivity index (χ1) is 41.6. The highest BCUT2D eigenvalue weighted by atomic mass is 31.2. The van der Waals surface area contributed by atoms with Crippen molar-refractivity contribution in [2.24, 2.45) is 23.7 Å². The minimum atomic E-state index is -4.95. The summed E-state index contributed by atoms with van der Waals surface area (Å²) in [4.78, 5) is 72.4. The van der Waals surface area contributed by atoms with Crippen LogP contribution >= 0.6 is 15.6 Å². The molecule has 0 spiro atoms. The predicted octanol–water partition coefficient (Wildman–Crippen LogP) is 18.9. The average Bonchev–Trinajstić information content (AvgIpc) is 3.68. The van der Waals surface area contributed by atoms with Gasteiger partial charge in [0.15, 0.2) is 12.2 Å². The molecule has 0 aliphatic rings. The molecule has 0 bridgehead atoms. The largest absolute Gasteiger partial charge is 0.472 e. The second-order valence-electron chi connectivity index (χ2n) is 26.5. The number of aliphatic hydroxyl groups excluding tert-OH is 1. The van der Waals surface area contributed by atoms with E-state index in [4.69, 9.17) is 37.0 Å². The first-order valence-corrected chi connectivity index (χ1v) is 38.2. The van der Waals surface area contributed by atoms with Crippen molar-refractivity contribution >= 4 is 39.5 Å². The van der Waals surface area contributed by atoms with Gasteiger partial charge in [-0.15, -0.1) is 0 Å². The number of ether oxygens (including phenoxy) is 4. The maximum absolute atomic E-state index is 13.0. The van der Waals surface area contributed by atoms with Crippen molar-refractivity contribution < 1.29 is 80.2 Å². The van der Waals surface area contributed by atoms with Crippen LogP contribution in [-0.4, -0.2) is 96.7 Å². The Kier molecular flexibility index (Phi) is 56.6. The average molecular weight is 1280 g/mol. The molecule has 0 aliphatic carbocycles. The van der Waals surface area contributed by atoms with Crippen molar-refractivity contribution in [3.8, 4) is 0 Å². The topological polar surface area (TPSA) is 237 Å². The summed E-state index contributed by atoms with van der Waals surface area (Å²) in [5.74, 6) is 0.774. The number of hydrogen-bond acceptors (Lipinski definition) is 15. The summed E-state index contributed by atoms with van der Waals surface area (Å²) in [6, 6.07) is 0. The van der Waals surface area contributed by atoms with Crippen LogP contribution in [0.5, 0.6) is 0 Å². The Labute approximate surface area is 530 Å². The van der Waals surface area contributed by atoms with Crippen molar-refractivity contribution in [1.29, 1.82) is 0 Å². The lowest BCUT2D eigenvalue weighted by Gasteiger charge is -2.21. The molecule has 0 rings (SSSR count). The van der Waals surface area contributed by atoms with Crippen LogP contribution < -0.4 is 0 Å². The monoisotopic (exact) mass is 1280 g/mol. The highest BCUT2D eigenvalue weighted by molar-refractivity contribution is 7.47. The lowest BCUT2D eigenvalue weighted by molar-refractivity contribution is -0.161. The summed E-state index contributed by atoms with van der Waals surface area (Å²) >= 11 is 0. The normalized spacial score (nSPS) is 14.3. The van der Waals surface area contributed by atoms with Crippen molar-refractivity contribution in [3.05, 3.63) is 0 Å². The van der Waals surface area contributed by atoms with Crippen LogP contribution in [0.2, 0.25) is 0 Å². The van der Waals surface area contributed by atoms with E-state index in [9.17, 15) is 43.2 Å². The van der Waals surface area contributed by atoms with Gasteiger partial charge in [0.2, 0.25) is 0 Å². The standard InChI is InChI=1S/C68H132O17P2/c1-58(2)44-36-28-20-15-11-9-13-17-23-32-40-48-65(70)78-54-63(84-67(72)50-42-34-24-18-14-10-12-16-21-29-37-45-59(3)4)56-82-86(74,75)80-52-62(69)53-81-87(76,77)83-57-64(85-68(73)51-43-35-27-26-31-39-47-61(7)8)55-79-66(71)49-41-33-25-19-22-30-38-46-60(5)6/h58-64,69H,9-57H2,1-8H3,(H,74,75)(H,76,77)/t62?,63-,64-/m1/s1. The fourth-order valence-electron chi connectivity index (χ4n) is 10.1.